The molecule has 9 nitrogen and oxygen atoms in total. The van der Waals surface area contributed by atoms with Gasteiger partial charge in [0.05, 0.1) is 25.2 Å². The fraction of sp³-hybridized carbons (Fsp3) is 0.292. The second kappa shape index (κ2) is 8.69. The van der Waals surface area contributed by atoms with Crippen LogP contribution in [-0.2, 0) is 4.79 Å². The van der Waals surface area contributed by atoms with E-state index in [1.54, 1.807) is 21.6 Å². The molecule has 1 aliphatic heterocycles. The second-order valence-corrected chi connectivity index (χ2v) is 8.47. The summed E-state index contributed by atoms with van der Waals surface area (Å²) in [5.74, 6) is -0.386. The van der Waals surface area contributed by atoms with Crippen molar-refractivity contribution in [1.29, 1.82) is 0 Å². The largest absolute Gasteiger partial charge is 0.383 e. The van der Waals surface area contributed by atoms with Crippen molar-refractivity contribution in [3.8, 4) is 0 Å². The van der Waals surface area contributed by atoms with Gasteiger partial charge in [0.15, 0.2) is 0 Å². The van der Waals surface area contributed by atoms with Crippen molar-refractivity contribution in [3.63, 3.8) is 0 Å². The molecule has 2 aliphatic rings. The summed E-state index contributed by atoms with van der Waals surface area (Å²) >= 11 is 0. The molecule has 0 saturated heterocycles. The number of hydrogen-bond donors (Lipinski definition) is 2. The van der Waals surface area contributed by atoms with E-state index < -0.39 is 12.1 Å². The number of aromatic nitrogens is 2. The molecular formula is C24H24FN7O2. The lowest BCUT2D eigenvalue weighted by Crippen LogP contribution is -2.42. The number of rotatable bonds is 4. The van der Waals surface area contributed by atoms with Crippen molar-refractivity contribution in [1.82, 2.24) is 14.3 Å². The normalized spacial score (nSPS) is 20.2. The lowest BCUT2D eigenvalue weighted by molar-refractivity contribution is -0.132. The molecule has 3 N–H and O–H groups in total. The summed E-state index contributed by atoms with van der Waals surface area (Å²) in [4.78, 5) is 39.9. The number of imidazole rings is 1. The van der Waals surface area contributed by atoms with Crippen LogP contribution in [-0.4, -0.2) is 63.6 Å². The Bertz CT molecular complexity index is 1350. The van der Waals surface area contributed by atoms with Gasteiger partial charge in [-0.15, -0.1) is 0 Å². The molecule has 34 heavy (non-hydrogen) atoms. The Morgan fingerprint density at radius 2 is 2.09 bits per heavy atom. The number of hydrogen-bond acceptors (Lipinski definition) is 5. The third kappa shape index (κ3) is 4.26. The first kappa shape index (κ1) is 21.7. The standard InChI is InChI=1S/C24H24FN7O2/c1-14-5-6-15(10-18(14)29-23(33)19-12-28-21-4-2-3-8-32(19)21)22(26)30-20-13-31(9-7-27-20)24(34)16-11-17(16)25/h2-6,8,10,12,16-17H,7,9,11,13H2,1H3,(H,29,33)(H2,26,27,30)/t16-,17-/m0/s1. The summed E-state index contributed by atoms with van der Waals surface area (Å²) in [7, 11) is 0. The van der Waals surface area contributed by atoms with Crippen LogP contribution in [0.15, 0.2) is 58.8 Å². The van der Waals surface area contributed by atoms with Crippen molar-refractivity contribution in [2.24, 2.45) is 21.6 Å². The number of nitrogens with one attached hydrogen (secondary N) is 1. The maximum absolute atomic E-state index is 13.3. The molecule has 0 radical (unpaired) electrons. The monoisotopic (exact) mass is 461 g/mol. The first-order chi connectivity index (χ1) is 16.4. The zero-order chi connectivity index (χ0) is 23.8. The van der Waals surface area contributed by atoms with Crippen LogP contribution in [0, 0.1) is 12.8 Å². The number of alkyl halides is 1. The van der Waals surface area contributed by atoms with E-state index >= 15 is 0 Å². The van der Waals surface area contributed by atoms with Gasteiger partial charge in [0.1, 0.15) is 29.2 Å². The third-order valence-electron chi connectivity index (χ3n) is 6.02. The van der Waals surface area contributed by atoms with Gasteiger partial charge >= 0.3 is 0 Å². The van der Waals surface area contributed by atoms with Gasteiger partial charge in [0.25, 0.3) is 5.91 Å². The number of carbonyl (C=O) groups is 2. The Labute approximate surface area is 195 Å². The van der Waals surface area contributed by atoms with Gasteiger partial charge in [-0.25, -0.2) is 14.4 Å². The molecule has 5 rings (SSSR count). The summed E-state index contributed by atoms with van der Waals surface area (Å²) in [6.07, 6.45) is 2.56. The highest BCUT2D eigenvalue weighted by Gasteiger charge is 2.46. The molecule has 3 aromatic rings. The molecule has 174 valence electrons. The molecule has 3 heterocycles. The number of anilines is 1. The minimum absolute atomic E-state index is 0.193. The fourth-order valence-corrected chi connectivity index (χ4v) is 3.92. The summed E-state index contributed by atoms with van der Waals surface area (Å²) < 4.78 is 15.0. The Hall–Kier alpha value is -4.08. The van der Waals surface area contributed by atoms with E-state index in [9.17, 15) is 14.0 Å². The van der Waals surface area contributed by atoms with E-state index in [-0.39, 0.29) is 24.2 Å². The Kier molecular flexibility index (Phi) is 5.56. The minimum Gasteiger partial charge on any atom is -0.383 e. The predicted molar refractivity (Wildman–Crippen MR) is 127 cm³/mol. The zero-order valence-corrected chi connectivity index (χ0v) is 18.6. The van der Waals surface area contributed by atoms with Crippen molar-refractivity contribution in [2.75, 3.05) is 25.0 Å². The number of amidine groups is 2. The van der Waals surface area contributed by atoms with Crippen LogP contribution in [0.4, 0.5) is 10.1 Å². The molecule has 2 atom stereocenters. The summed E-state index contributed by atoms with van der Waals surface area (Å²) in [6, 6.07) is 10.9. The van der Waals surface area contributed by atoms with Crippen molar-refractivity contribution in [3.05, 3.63) is 65.6 Å². The third-order valence-corrected chi connectivity index (χ3v) is 6.02. The number of pyridine rings is 1. The molecule has 1 saturated carbocycles. The molecule has 1 fully saturated rings. The van der Waals surface area contributed by atoms with Crippen LogP contribution in [0.1, 0.15) is 28.0 Å². The summed E-state index contributed by atoms with van der Waals surface area (Å²) in [5, 5.41) is 2.92. The maximum Gasteiger partial charge on any atom is 0.274 e. The van der Waals surface area contributed by atoms with Crippen LogP contribution in [0.3, 0.4) is 0 Å². The molecule has 1 aliphatic carbocycles. The van der Waals surface area contributed by atoms with Crippen LogP contribution in [0.2, 0.25) is 0 Å². The van der Waals surface area contributed by atoms with Crippen molar-refractivity contribution in [2.45, 2.75) is 19.5 Å². The van der Waals surface area contributed by atoms with E-state index in [4.69, 9.17) is 5.73 Å². The molecule has 2 amide bonds. The molecule has 0 unspecified atom stereocenters. The van der Waals surface area contributed by atoms with Crippen molar-refractivity contribution < 1.29 is 14.0 Å². The smallest absolute Gasteiger partial charge is 0.274 e. The predicted octanol–water partition coefficient (Wildman–Crippen LogP) is 2.20. The van der Waals surface area contributed by atoms with E-state index in [1.807, 2.05) is 37.3 Å². The van der Waals surface area contributed by atoms with Gasteiger partial charge in [-0.05, 0) is 37.1 Å². The lowest BCUT2D eigenvalue weighted by Gasteiger charge is -2.25. The van der Waals surface area contributed by atoms with E-state index in [1.165, 1.54) is 6.20 Å². The Morgan fingerprint density at radius 3 is 2.88 bits per heavy atom. The fourth-order valence-electron chi connectivity index (χ4n) is 3.92. The van der Waals surface area contributed by atoms with E-state index in [0.717, 1.165) is 5.56 Å². The average Bonchev–Trinajstić information content (AvgIpc) is 3.41. The highest BCUT2D eigenvalue weighted by Crippen LogP contribution is 2.35. The second-order valence-electron chi connectivity index (χ2n) is 8.47. The number of nitrogens with zero attached hydrogens (tertiary/aromatic N) is 5. The SMILES string of the molecule is Cc1ccc(C(N)=NC2=NCCN(C(=O)[C@H]3C[C@@H]3F)C2)cc1NC(=O)c1cnc2ccccn12. The maximum atomic E-state index is 13.3. The molecular weight excluding hydrogens is 437 g/mol. The van der Waals surface area contributed by atoms with Crippen LogP contribution in [0.5, 0.6) is 0 Å². The van der Waals surface area contributed by atoms with Gasteiger partial charge < -0.3 is 16.0 Å². The molecule has 0 spiro atoms. The minimum atomic E-state index is -1.04. The van der Waals surface area contributed by atoms with Crippen LogP contribution < -0.4 is 11.1 Å². The topological polar surface area (TPSA) is 117 Å². The Morgan fingerprint density at radius 1 is 1.26 bits per heavy atom. The van der Waals surface area contributed by atoms with Crippen molar-refractivity contribution >= 4 is 34.8 Å². The number of amides is 2. The van der Waals surface area contributed by atoms with Gasteiger partial charge in [0.2, 0.25) is 5.91 Å². The number of benzene rings is 1. The first-order valence-corrected chi connectivity index (χ1v) is 11.1. The quantitative estimate of drug-likeness (QED) is 0.457. The molecule has 2 aromatic heterocycles. The van der Waals surface area contributed by atoms with Gasteiger partial charge in [-0.1, -0.05) is 18.2 Å². The van der Waals surface area contributed by atoms with E-state index in [0.29, 0.717) is 47.9 Å². The zero-order valence-electron chi connectivity index (χ0n) is 18.6. The van der Waals surface area contributed by atoms with Gasteiger partial charge in [-0.2, -0.15) is 0 Å². The lowest BCUT2D eigenvalue weighted by atomic mass is 10.1. The summed E-state index contributed by atoms with van der Waals surface area (Å²) in [6.45, 7) is 2.93. The van der Waals surface area contributed by atoms with Gasteiger partial charge in [0, 0.05) is 24.0 Å². The molecule has 1 aromatic carbocycles. The number of fused-ring (bicyclic) bond motifs is 1. The number of nitrogens with two attached hydrogens (primary N) is 1. The molecule has 0 bridgehead atoms. The Balaban J connectivity index is 1.32. The average molecular weight is 462 g/mol. The number of aliphatic imine (C=N–C) groups is 2. The van der Waals surface area contributed by atoms with E-state index in [2.05, 4.69) is 20.3 Å². The van der Waals surface area contributed by atoms with Crippen LogP contribution >= 0.6 is 0 Å². The van der Waals surface area contributed by atoms with Crippen LogP contribution in [0.25, 0.3) is 5.65 Å². The number of aryl methyl sites for hydroxylation is 1. The molecule has 10 heteroatoms. The van der Waals surface area contributed by atoms with Gasteiger partial charge in [-0.3, -0.25) is 19.0 Å². The highest BCUT2D eigenvalue weighted by molar-refractivity contribution is 6.08. The number of carbonyl (C=O) groups excluding carboxylic acids is 2. The highest BCUT2D eigenvalue weighted by atomic mass is 19.1. The number of halogens is 1. The summed E-state index contributed by atoms with van der Waals surface area (Å²) in [5.41, 5.74) is 9.39. The first-order valence-electron chi connectivity index (χ1n) is 11.1.